The van der Waals surface area contributed by atoms with Gasteiger partial charge in [-0.2, -0.15) is 0 Å². The van der Waals surface area contributed by atoms with Crippen LogP contribution in [0.5, 0.6) is 5.75 Å². The molecule has 6 nitrogen and oxygen atoms in total. The molecule has 0 radical (unpaired) electrons. The number of nitrogens with one attached hydrogen (secondary N) is 1. The Balaban J connectivity index is 1.87. The minimum Gasteiger partial charge on any atom is -0.484 e. The fraction of sp³-hybridized carbons (Fsp3) is 0.267. The predicted molar refractivity (Wildman–Crippen MR) is 83.8 cm³/mol. The van der Waals surface area contributed by atoms with Gasteiger partial charge in [-0.25, -0.2) is 4.98 Å². The molecule has 0 unspecified atom stereocenters. The Kier molecular flexibility index (Phi) is 5.48. The number of hydrogen-bond acceptors (Lipinski definition) is 5. The van der Waals surface area contributed by atoms with Gasteiger partial charge < -0.3 is 15.8 Å². The maximum Gasteiger partial charge on any atom is 0.255 e. The van der Waals surface area contributed by atoms with E-state index in [4.69, 9.17) is 10.5 Å². The molecule has 0 fully saturated rings. The number of carbonyl (C=O) groups excluding carboxylic acids is 2. The van der Waals surface area contributed by atoms with E-state index in [0.29, 0.717) is 17.9 Å². The van der Waals surface area contributed by atoms with Crippen molar-refractivity contribution < 1.29 is 14.3 Å². The Hall–Kier alpha value is -2.41. The molecule has 0 aliphatic carbocycles. The third-order valence-electron chi connectivity index (χ3n) is 2.85. The van der Waals surface area contributed by atoms with Crippen molar-refractivity contribution in [1.82, 2.24) is 10.3 Å². The molecule has 1 aromatic heterocycles. The van der Waals surface area contributed by atoms with Crippen LogP contribution >= 0.6 is 11.3 Å². The Labute approximate surface area is 132 Å². The number of primary amides is 1. The topological polar surface area (TPSA) is 94.3 Å². The fourth-order valence-electron chi connectivity index (χ4n) is 1.71. The fourth-order valence-corrected chi connectivity index (χ4v) is 2.51. The number of nitrogens with two attached hydrogens (primary N) is 1. The van der Waals surface area contributed by atoms with Crippen LogP contribution in [0.15, 0.2) is 30.5 Å². The van der Waals surface area contributed by atoms with Gasteiger partial charge in [0.1, 0.15) is 10.8 Å². The van der Waals surface area contributed by atoms with Crippen molar-refractivity contribution in [1.29, 1.82) is 0 Å². The third kappa shape index (κ3) is 4.56. The van der Waals surface area contributed by atoms with Crippen molar-refractivity contribution in [3.05, 3.63) is 45.9 Å². The number of amides is 2. The Morgan fingerprint density at radius 1 is 1.32 bits per heavy atom. The summed E-state index contributed by atoms with van der Waals surface area (Å²) in [4.78, 5) is 28.1. The van der Waals surface area contributed by atoms with Crippen LogP contribution in [-0.2, 0) is 17.8 Å². The number of nitrogens with zero attached hydrogens (tertiary/aromatic N) is 1. The summed E-state index contributed by atoms with van der Waals surface area (Å²) in [7, 11) is 0. The lowest BCUT2D eigenvalue weighted by Crippen LogP contribution is -2.22. The lowest BCUT2D eigenvalue weighted by Gasteiger charge is -2.06. The van der Waals surface area contributed by atoms with Crippen LogP contribution < -0.4 is 15.8 Å². The minimum absolute atomic E-state index is 0.185. The van der Waals surface area contributed by atoms with Gasteiger partial charge in [0.05, 0.1) is 6.54 Å². The van der Waals surface area contributed by atoms with E-state index in [1.54, 1.807) is 35.6 Å². The highest BCUT2D eigenvalue weighted by molar-refractivity contribution is 7.11. The van der Waals surface area contributed by atoms with Crippen molar-refractivity contribution in [3.63, 3.8) is 0 Å². The molecule has 0 aliphatic rings. The van der Waals surface area contributed by atoms with Crippen molar-refractivity contribution in [2.24, 2.45) is 5.73 Å². The van der Waals surface area contributed by atoms with Gasteiger partial charge in [0.15, 0.2) is 6.61 Å². The summed E-state index contributed by atoms with van der Waals surface area (Å²) in [6.45, 7) is 2.29. The molecule has 22 heavy (non-hydrogen) atoms. The molecule has 0 bridgehead atoms. The average molecular weight is 319 g/mol. The van der Waals surface area contributed by atoms with Crippen LogP contribution in [0.4, 0.5) is 0 Å². The quantitative estimate of drug-likeness (QED) is 0.808. The summed E-state index contributed by atoms with van der Waals surface area (Å²) >= 11 is 1.59. The molecular formula is C15H17N3O3S. The highest BCUT2D eigenvalue weighted by Crippen LogP contribution is 2.14. The molecule has 116 valence electrons. The number of hydrogen-bond donors (Lipinski definition) is 2. The van der Waals surface area contributed by atoms with Crippen LogP contribution in [0, 0.1) is 0 Å². The molecule has 1 heterocycles. The van der Waals surface area contributed by atoms with Crippen LogP contribution in [0.1, 0.15) is 27.2 Å². The van der Waals surface area contributed by atoms with E-state index in [2.05, 4.69) is 17.2 Å². The zero-order valence-corrected chi connectivity index (χ0v) is 13.0. The average Bonchev–Trinajstić information content (AvgIpc) is 2.99. The summed E-state index contributed by atoms with van der Waals surface area (Å²) in [5.74, 6) is -0.241. The van der Waals surface area contributed by atoms with Crippen LogP contribution in [0.2, 0.25) is 0 Å². The first-order valence-corrected chi connectivity index (χ1v) is 7.63. The van der Waals surface area contributed by atoms with Gasteiger partial charge in [0, 0.05) is 16.6 Å². The Bertz CT molecular complexity index is 652. The molecule has 0 saturated carbocycles. The first kappa shape index (κ1) is 16.0. The van der Waals surface area contributed by atoms with Gasteiger partial charge >= 0.3 is 0 Å². The first-order valence-electron chi connectivity index (χ1n) is 6.81. The van der Waals surface area contributed by atoms with Crippen molar-refractivity contribution >= 4 is 23.2 Å². The van der Waals surface area contributed by atoms with E-state index in [9.17, 15) is 9.59 Å². The second-order valence-electron chi connectivity index (χ2n) is 4.54. The second kappa shape index (κ2) is 7.56. The molecule has 2 amide bonds. The van der Waals surface area contributed by atoms with Gasteiger partial charge in [-0.05, 0) is 30.7 Å². The zero-order valence-electron chi connectivity index (χ0n) is 12.2. The van der Waals surface area contributed by atoms with Gasteiger partial charge in [0.25, 0.3) is 11.8 Å². The zero-order chi connectivity index (χ0) is 15.9. The smallest absolute Gasteiger partial charge is 0.255 e. The van der Waals surface area contributed by atoms with E-state index in [-0.39, 0.29) is 12.5 Å². The molecule has 0 spiro atoms. The van der Waals surface area contributed by atoms with Gasteiger partial charge in [0.2, 0.25) is 0 Å². The van der Waals surface area contributed by atoms with E-state index in [1.807, 2.05) is 6.20 Å². The number of benzene rings is 1. The number of aromatic nitrogens is 1. The van der Waals surface area contributed by atoms with E-state index >= 15 is 0 Å². The largest absolute Gasteiger partial charge is 0.484 e. The molecule has 2 rings (SSSR count). The standard InChI is InChI=1S/C15H17N3O3S/c1-2-12-7-17-14(22-12)8-18-15(20)10-3-5-11(6-4-10)21-9-13(16)19/h3-7H,2,8-9H2,1H3,(H2,16,19)(H,18,20). The van der Waals surface area contributed by atoms with Gasteiger partial charge in [-0.3, -0.25) is 9.59 Å². The summed E-state index contributed by atoms with van der Waals surface area (Å²) in [6.07, 6.45) is 2.77. The Morgan fingerprint density at radius 2 is 2.05 bits per heavy atom. The lowest BCUT2D eigenvalue weighted by molar-refractivity contribution is -0.119. The highest BCUT2D eigenvalue weighted by Gasteiger charge is 2.07. The number of ether oxygens (including phenoxy) is 1. The molecule has 0 saturated heterocycles. The van der Waals surface area contributed by atoms with Crippen LogP contribution in [0.25, 0.3) is 0 Å². The Morgan fingerprint density at radius 3 is 2.64 bits per heavy atom. The van der Waals surface area contributed by atoms with E-state index < -0.39 is 5.91 Å². The maximum atomic E-state index is 12.0. The van der Waals surface area contributed by atoms with Crippen LogP contribution in [0.3, 0.4) is 0 Å². The number of rotatable bonds is 7. The molecule has 0 aliphatic heterocycles. The maximum absolute atomic E-state index is 12.0. The van der Waals surface area contributed by atoms with Crippen molar-refractivity contribution in [3.8, 4) is 5.75 Å². The van der Waals surface area contributed by atoms with Gasteiger partial charge in [-0.15, -0.1) is 11.3 Å². The van der Waals surface area contributed by atoms with Gasteiger partial charge in [-0.1, -0.05) is 6.92 Å². The number of aryl methyl sites for hydroxylation is 1. The summed E-state index contributed by atoms with van der Waals surface area (Å²) < 4.78 is 5.13. The molecule has 0 atom stereocenters. The van der Waals surface area contributed by atoms with Crippen molar-refractivity contribution in [2.75, 3.05) is 6.61 Å². The van der Waals surface area contributed by atoms with E-state index in [1.165, 1.54) is 4.88 Å². The molecule has 7 heteroatoms. The molecular weight excluding hydrogens is 302 g/mol. The second-order valence-corrected chi connectivity index (χ2v) is 5.74. The monoisotopic (exact) mass is 319 g/mol. The number of thiazole rings is 1. The molecule has 3 N–H and O–H groups in total. The number of carbonyl (C=O) groups is 2. The van der Waals surface area contributed by atoms with Crippen molar-refractivity contribution in [2.45, 2.75) is 19.9 Å². The minimum atomic E-state index is -0.545. The van der Waals surface area contributed by atoms with Crippen LogP contribution in [-0.4, -0.2) is 23.4 Å². The SMILES string of the molecule is CCc1cnc(CNC(=O)c2ccc(OCC(N)=O)cc2)s1. The predicted octanol–water partition coefficient (Wildman–Crippen LogP) is 1.50. The van der Waals surface area contributed by atoms with E-state index in [0.717, 1.165) is 11.4 Å². The summed E-state index contributed by atoms with van der Waals surface area (Å²) in [5, 5.41) is 3.70. The highest BCUT2D eigenvalue weighted by atomic mass is 32.1. The first-order chi connectivity index (χ1) is 10.6. The molecule has 1 aromatic carbocycles. The lowest BCUT2D eigenvalue weighted by atomic mass is 10.2. The summed E-state index contributed by atoms with van der Waals surface area (Å²) in [5.41, 5.74) is 5.50. The molecule has 2 aromatic rings. The normalized spacial score (nSPS) is 10.2. The summed E-state index contributed by atoms with van der Waals surface area (Å²) in [6, 6.07) is 6.50. The third-order valence-corrected chi connectivity index (χ3v) is 3.99.